The molecule has 1 aromatic rings. The highest BCUT2D eigenvalue weighted by molar-refractivity contribution is 6.42. The number of rotatable bonds is 6. The van der Waals surface area contributed by atoms with E-state index in [2.05, 4.69) is 11.3 Å². The number of hydrogen-bond acceptors (Lipinski definition) is 3. The molecular formula is C14H15Cl2NO3. The first kappa shape index (κ1) is 16.5. The molecule has 108 valence electrons. The second kappa shape index (κ2) is 7.92. The molecular weight excluding hydrogens is 301 g/mol. The molecule has 0 radical (unpaired) electrons. The third-order valence-corrected chi connectivity index (χ3v) is 3.36. The largest absolute Gasteiger partial charge is 0.469 e. The number of ether oxygens (including phenoxy) is 1. The van der Waals surface area contributed by atoms with Crippen molar-refractivity contribution in [3.63, 3.8) is 0 Å². The normalized spacial score (nSPS) is 9.95. The Labute approximate surface area is 127 Å². The van der Waals surface area contributed by atoms with Crippen LogP contribution in [0.4, 0.5) is 0 Å². The minimum atomic E-state index is -0.374. The summed E-state index contributed by atoms with van der Waals surface area (Å²) in [5, 5.41) is 0.692. The molecule has 4 nitrogen and oxygen atoms in total. The fourth-order valence-corrected chi connectivity index (χ4v) is 1.87. The van der Waals surface area contributed by atoms with E-state index in [0.717, 1.165) is 0 Å². The van der Waals surface area contributed by atoms with Crippen LogP contribution in [0.1, 0.15) is 16.8 Å². The van der Waals surface area contributed by atoms with Crippen molar-refractivity contribution in [1.82, 2.24) is 4.90 Å². The van der Waals surface area contributed by atoms with E-state index in [-0.39, 0.29) is 24.8 Å². The quantitative estimate of drug-likeness (QED) is 0.598. The predicted octanol–water partition coefficient (Wildman–Crippen LogP) is 3.18. The Kier molecular flexibility index (Phi) is 6.55. The first-order chi connectivity index (χ1) is 9.49. The molecule has 0 aliphatic rings. The van der Waals surface area contributed by atoms with E-state index in [1.807, 2.05) is 0 Å². The molecule has 0 N–H and O–H groups in total. The summed E-state index contributed by atoms with van der Waals surface area (Å²) in [6.45, 7) is 4.18. The van der Waals surface area contributed by atoms with E-state index in [0.29, 0.717) is 22.2 Å². The summed E-state index contributed by atoms with van der Waals surface area (Å²) < 4.78 is 4.56. The molecule has 0 aliphatic carbocycles. The zero-order valence-electron chi connectivity index (χ0n) is 11.1. The zero-order chi connectivity index (χ0) is 15.1. The van der Waals surface area contributed by atoms with Gasteiger partial charge in [0, 0.05) is 18.7 Å². The van der Waals surface area contributed by atoms with Gasteiger partial charge in [-0.15, -0.1) is 6.58 Å². The van der Waals surface area contributed by atoms with Crippen molar-refractivity contribution in [3.8, 4) is 0 Å². The Hall–Kier alpha value is -1.52. The van der Waals surface area contributed by atoms with Gasteiger partial charge >= 0.3 is 5.97 Å². The topological polar surface area (TPSA) is 46.6 Å². The van der Waals surface area contributed by atoms with Crippen LogP contribution in [0.25, 0.3) is 0 Å². The van der Waals surface area contributed by atoms with Crippen LogP contribution in [0.2, 0.25) is 10.0 Å². The SMILES string of the molecule is C=CCN(CCC(=O)OC)C(=O)c1ccc(Cl)c(Cl)c1. The van der Waals surface area contributed by atoms with E-state index in [1.54, 1.807) is 18.2 Å². The van der Waals surface area contributed by atoms with Gasteiger partial charge < -0.3 is 9.64 Å². The van der Waals surface area contributed by atoms with Crippen molar-refractivity contribution >= 4 is 35.1 Å². The van der Waals surface area contributed by atoms with E-state index >= 15 is 0 Å². The number of benzene rings is 1. The second-order valence-corrected chi connectivity index (χ2v) is 4.81. The summed E-state index contributed by atoms with van der Waals surface area (Å²) in [6, 6.07) is 4.65. The molecule has 0 saturated heterocycles. The lowest BCUT2D eigenvalue weighted by molar-refractivity contribution is -0.140. The van der Waals surface area contributed by atoms with Gasteiger partial charge in [-0.05, 0) is 18.2 Å². The standard InChI is InChI=1S/C14H15Cl2NO3/c1-3-7-17(8-6-13(18)20-2)14(19)10-4-5-11(15)12(16)9-10/h3-5,9H,1,6-8H2,2H3. The summed E-state index contributed by atoms with van der Waals surface area (Å²) in [5.41, 5.74) is 0.408. The Morgan fingerprint density at radius 1 is 1.35 bits per heavy atom. The lowest BCUT2D eigenvalue weighted by Crippen LogP contribution is -2.33. The van der Waals surface area contributed by atoms with Gasteiger partial charge in [-0.1, -0.05) is 29.3 Å². The van der Waals surface area contributed by atoms with Gasteiger partial charge in [0.05, 0.1) is 23.6 Å². The number of esters is 1. The summed E-state index contributed by atoms with van der Waals surface area (Å²) >= 11 is 11.7. The fraction of sp³-hybridized carbons (Fsp3) is 0.286. The Balaban J connectivity index is 2.84. The highest BCUT2D eigenvalue weighted by atomic mass is 35.5. The van der Waals surface area contributed by atoms with Gasteiger partial charge in [0.25, 0.3) is 5.91 Å². The molecule has 0 atom stereocenters. The molecule has 1 rings (SSSR count). The van der Waals surface area contributed by atoms with Crippen LogP contribution in [0.3, 0.4) is 0 Å². The van der Waals surface area contributed by atoms with E-state index in [1.165, 1.54) is 18.1 Å². The molecule has 0 bridgehead atoms. The Morgan fingerprint density at radius 2 is 2.05 bits per heavy atom. The number of hydrogen-bond donors (Lipinski definition) is 0. The average molecular weight is 316 g/mol. The number of carbonyl (C=O) groups excluding carboxylic acids is 2. The summed E-state index contributed by atoms with van der Waals surface area (Å²) in [4.78, 5) is 25.0. The molecule has 0 saturated carbocycles. The second-order valence-electron chi connectivity index (χ2n) is 3.99. The number of carbonyl (C=O) groups is 2. The van der Waals surface area contributed by atoms with Crippen LogP contribution in [0.15, 0.2) is 30.9 Å². The lowest BCUT2D eigenvalue weighted by atomic mass is 10.2. The van der Waals surface area contributed by atoms with Gasteiger partial charge in [-0.25, -0.2) is 0 Å². The van der Waals surface area contributed by atoms with Gasteiger partial charge in [-0.2, -0.15) is 0 Å². The maximum absolute atomic E-state index is 12.3. The van der Waals surface area contributed by atoms with Crippen molar-refractivity contribution in [1.29, 1.82) is 0 Å². The zero-order valence-corrected chi connectivity index (χ0v) is 12.6. The van der Waals surface area contributed by atoms with Crippen LogP contribution < -0.4 is 0 Å². The van der Waals surface area contributed by atoms with Crippen molar-refractivity contribution in [2.75, 3.05) is 20.2 Å². The smallest absolute Gasteiger partial charge is 0.307 e. The monoisotopic (exact) mass is 315 g/mol. The van der Waals surface area contributed by atoms with Crippen molar-refractivity contribution in [2.45, 2.75) is 6.42 Å². The van der Waals surface area contributed by atoms with Crippen LogP contribution in [0, 0.1) is 0 Å². The molecule has 1 aromatic carbocycles. The molecule has 0 unspecified atom stereocenters. The molecule has 1 amide bonds. The number of methoxy groups -OCH3 is 1. The highest BCUT2D eigenvalue weighted by Crippen LogP contribution is 2.23. The van der Waals surface area contributed by atoms with Gasteiger partial charge in [0.2, 0.25) is 0 Å². The molecule has 0 spiro atoms. The third kappa shape index (κ3) is 4.54. The van der Waals surface area contributed by atoms with Crippen LogP contribution in [-0.2, 0) is 9.53 Å². The summed E-state index contributed by atoms with van der Waals surface area (Å²) in [6.07, 6.45) is 1.71. The van der Waals surface area contributed by atoms with Gasteiger partial charge in [-0.3, -0.25) is 9.59 Å². The molecule has 6 heteroatoms. The Bertz CT molecular complexity index is 517. The number of halogens is 2. The molecule has 0 aromatic heterocycles. The molecule has 0 aliphatic heterocycles. The van der Waals surface area contributed by atoms with E-state index < -0.39 is 0 Å². The third-order valence-electron chi connectivity index (χ3n) is 2.62. The molecule has 0 heterocycles. The fourth-order valence-electron chi connectivity index (χ4n) is 1.57. The van der Waals surface area contributed by atoms with Gasteiger partial charge in [0.15, 0.2) is 0 Å². The first-order valence-corrected chi connectivity index (χ1v) is 6.67. The van der Waals surface area contributed by atoms with Crippen molar-refractivity contribution in [3.05, 3.63) is 46.5 Å². The molecule has 0 fully saturated rings. The summed E-state index contributed by atoms with van der Waals surface area (Å²) in [5.74, 6) is -0.617. The lowest BCUT2D eigenvalue weighted by Gasteiger charge is -2.20. The minimum Gasteiger partial charge on any atom is -0.469 e. The van der Waals surface area contributed by atoms with Crippen LogP contribution in [-0.4, -0.2) is 37.0 Å². The maximum Gasteiger partial charge on any atom is 0.307 e. The Morgan fingerprint density at radius 3 is 2.60 bits per heavy atom. The van der Waals surface area contributed by atoms with E-state index in [9.17, 15) is 9.59 Å². The van der Waals surface area contributed by atoms with Gasteiger partial charge in [0.1, 0.15) is 0 Å². The maximum atomic E-state index is 12.3. The van der Waals surface area contributed by atoms with E-state index in [4.69, 9.17) is 23.2 Å². The van der Waals surface area contributed by atoms with Crippen molar-refractivity contribution in [2.24, 2.45) is 0 Å². The highest BCUT2D eigenvalue weighted by Gasteiger charge is 2.17. The van der Waals surface area contributed by atoms with Crippen LogP contribution in [0.5, 0.6) is 0 Å². The predicted molar refractivity (Wildman–Crippen MR) is 79.2 cm³/mol. The number of nitrogens with zero attached hydrogens (tertiary/aromatic N) is 1. The minimum absolute atomic E-state index is 0.122. The van der Waals surface area contributed by atoms with Crippen LogP contribution >= 0.6 is 23.2 Å². The number of amides is 1. The average Bonchev–Trinajstić information content (AvgIpc) is 2.45. The first-order valence-electron chi connectivity index (χ1n) is 5.91. The van der Waals surface area contributed by atoms with Crippen molar-refractivity contribution < 1.29 is 14.3 Å². The molecule has 20 heavy (non-hydrogen) atoms. The summed E-state index contributed by atoms with van der Waals surface area (Å²) in [7, 11) is 1.31.